The molecule has 1 aliphatic rings. The lowest BCUT2D eigenvalue weighted by molar-refractivity contribution is 0.588. The van der Waals surface area contributed by atoms with Crippen LogP contribution in [-0.2, 0) is 0 Å². The minimum Gasteiger partial charge on any atom is -0.301 e. The Balaban J connectivity index is 1.97. The predicted molar refractivity (Wildman–Crippen MR) is 76.0 cm³/mol. The van der Waals surface area contributed by atoms with Gasteiger partial charge in [0.15, 0.2) is 0 Å². The van der Waals surface area contributed by atoms with E-state index in [1.54, 1.807) is 17.4 Å². The summed E-state index contributed by atoms with van der Waals surface area (Å²) in [7, 11) is 0. The largest absolute Gasteiger partial charge is 0.301 e. The van der Waals surface area contributed by atoms with E-state index in [2.05, 4.69) is 15.7 Å². The van der Waals surface area contributed by atoms with Crippen LogP contribution in [0.1, 0.15) is 40.7 Å². The maximum absolute atomic E-state index is 13.3. The third-order valence-electron chi connectivity index (χ3n) is 3.41. The van der Waals surface area contributed by atoms with Crippen LogP contribution < -0.4 is 5.32 Å². The molecule has 100 valence electrons. The number of thiazole rings is 1. The van der Waals surface area contributed by atoms with Crippen LogP contribution in [0.25, 0.3) is 0 Å². The van der Waals surface area contributed by atoms with Crippen LogP contribution in [-0.4, -0.2) is 11.0 Å². The van der Waals surface area contributed by atoms with Gasteiger partial charge in [-0.25, -0.2) is 9.37 Å². The number of halogens is 1. The zero-order valence-electron chi connectivity index (χ0n) is 11.1. The normalized spacial score (nSPS) is 16.6. The molecule has 1 unspecified atom stereocenters. The van der Waals surface area contributed by atoms with Crippen LogP contribution in [0.3, 0.4) is 0 Å². The Labute approximate surface area is 116 Å². The van der Waals surface area contributed by atoms with E-state index in [4.69, 9.17) is 0 Å². The number of hydrogen-bond donors (Lipinski definition) is 1. The van der Waals surface area contributed by atoms with E-state index < -0.39 is 0 Å². The average molecular weight is 276 g/mol. The van der Waals surface area contributed by atoms with E-state index in [1.807, 2.05) is 19.9 Å². The van der Waals surface area contributed by atoms with Crippen LogP contribution in [0, 0.1) is 19.7 Å². The molecular formula is C15H17FN2S. The van der Waals surface area contributed by atoms with Crippen molar-refractivity contribution in [2.45, 2.75) is 38.8 Å². The van der Waals surface area contributed by atoms with Gasteiger partial charge in [0.05, 0.1) is 6.04 Å². The molecule has 1 heterocycles. The topological polar surface area (TPSA) is 24.9 Å². The third kappa shape index (κ3) is 2.85. The number of benzene rings is 1. The first kappa shape index (κ1) is 12.8. The van der Waals surface area contributed by atoms with E-state index in [9.17, 15) is 4.39 Å². The van der Waals surface area contributed by atoms with Crippen molar-refractivity contribution in [2.24, 2.45) is 0 Å². The van der Waals surface area contributed by atoms with E-state index in [-0.39, 0.29) is 11.9 Å². The van der Waals surface area contributed by atoms with Gasteiger partial charge in [0, 0.05) is 17.1 Å². The van der Waals surface area contributed by atoms with Gasteiger partial charge >= 0.3 is 0 Å². The molecule has 0 bridgehead atoms. The third-order valence-corrected chi connectivity index (χ3v) is 4.43. The summed E-state index contributed by atoms with van der Waals surface area (Å²) < 4.78 is 13.3. The molecule has 3 rings (SSSR count). The highest BCUT2D eigenvalue weighted by Crippen LogP contribution is 2.32. The van der Waals surface area contributed by atoms with Gasteiger partial charge in [0.2, 0.25) is 0 Å². The maximum Gasteiger partial charge on any atom is 0.123 e. The van der Waals surface area contributed by atoms with Crippen LogP contribution in [0.2, 0.25) is 0 Å². The molecule has 1 aromatic heterocycles. The molecule has 1 saturated carbocycles. The van der Waals surface area contributed by atoms with E-state index in [0.717, 1.165) is 21.8 Å². The number of hydrogen-bond acceptors (Lipinski definition) is 3. The molecule has 19 heavy (non-hydrogen) atoms. The summed E-state index contributed by atoms with van der Waals surface area (Å²) >= 11 is 1.67. The molecule has 2 nitrogen and oxygen atoms in total. The number of rotatable bonds is 4. The Hall–Kier alpha value is -1.26. The molecule has 1 atom stereocenters. The highest BCUT2D eigenvalue weighted by molar-refractivity contribution is 7.09. The van der Waals surface area contributed by atoms with Crippen LogP contribution in [0.5, 0.6) is 0 Å². The summed E-state index contributed by atoms with van der Waals surface area (Å²) in [4.78, 5) is 4.59. The van der Waals surface area contributed by atoms with E-state index in [1.165, 1.54) is 18.9 Å². The minimum absolute atomic E-state index is 0.0896. The summed E-state index contributed by atoms with van der Waals surface area (Å²) in [6.45, 7) is 3.96. The average Bonchev–Trinajstić information content (AvgIpc) is 3.08. The highest BCUT2D eigenvalue weighted by Gasteiger charge is 2.28. The summed E-state index contributed by atoms with van der Waals surface area (Å²) in [6.07, 6.45) is 2.45. The summed E-state index contributed by atoms with van der Waals surface area (Å²) in [5.41, 5.74) is 3.15. The van der Waals surface area contributed by atoms with Crippen LogP contribution in [0.4, 0.5) is 4.39 Å². The molecule has 4 heteroatoms. The molecule has 1 N–H and O–H groups in total. The van der Waals surface area contributed by atoms with Gasteiger partial charge in [-0.05, 0) is 49.9 Å². The lowest BCUT2D eigenvalue weighted by Crippen LogP contribution is -2.25. The maximum atomic E-state index is 13.3. The van der Waals surface area contributed by atoms with Crippen molar-refractivity contribution < 1.29 is 4.39 Å². The fourth-order valence-corrected chi connectivity index (χ4v) is 3.12. The molecule has 0 spiro atoms. The first-order valence-corrected chi connectivity index (χ1v) is 7.45. The summed E-state index contributed by atoms with van der Waals surface area (Å²) in [5, 5.41) is 6.76. The monoisotopic (exact) mass is 276 g/mol. The Kier molecular flexibility index (Phi) is 3.37. The SMILES string of the molecule is Cc1csc(C(NC2CC2)c2ccc(F)cc2C)n1. The molecule has 2 aromatic rings. The van der Waals surface area contributed by atoms with Crippen molar-refractivity contribution in [3.05, 3.63) is 51.2 Å². The second kappa shape index (κ2) is 5.02. The molecule has 0 amide bonds. The van der Waals surface area contributed by atoms with Crippen molar-refractivity contribution in [3.63, 3.8) is 0 Å². The molecule has 1 aromatic carbocycles. The van der Waals surface area contributed by atoms with Gasteiger partial charge in [-0.1, -0.05) is 6.07 Å². The molecule has 0 aliphatic heterocycles. The first-order chi connectivity index (χ1) is 9.13. The molecule has 0 saturated heterocycles. The first-order valence-electron chi connectivity index (χ1n) is 6.57. The van der Waals surface area contributed by atoms with Gasteiger partial charge < -0.3 is 5.32 Å². The molecule has 0 radical (unpaired) electrons. The van der Waals surface area contributed by atoms with Gasteiger partial charge in [0.1, 0.15) is 10.8 Å². The fraction of sp³-hybridized carbons (Fsp3) is 0.400. The quantitative estimate of drug-likeness (QED) is 0.920. The zero-order chi connectivity index (χ0) is 13.4. The molecule has 1 aliphatic carbocycles. The number of nitrogens with one attached hydrogen (secondary N) is 1. The number of nitrogens with zero attached hydrogens (tertiary/aromatic N) is 1. The second-order valence-electron chi connectivity index (χ2n) is 5.20. The Bertz CT molecular complexity index is 590. The van der Waals surface area contributed by atoms with Crippen LogP contribution in [0.15, 0.2) is 23.6 Å². The lowest BCUT2D eigenvalue weighted by atomic mass is 10.0. The van der Waals surface area contributed by atoms with Gasteiger partial charge in [0.25, 0.3) is 0 Å². The van der Waals surface area contributed by atoms with Crippen molar-refractivity contribution in [1.29, 1.82) is 0 Å². The van der Waals surface area contributed by atoms with Crippen molar-refractivity contribution in [3.8, 4) is 0 Å². The zero-order valence-corrected chi connectivity index (χ0v) is 11.9. The summed E-state index contributed by atoms with van der Waals surface area (Å²) in [5.74, 6) is -0.179. The molecule has 1 fully saturated rings. The fourth-order valence-electron chi connectivity index (χ4n) is 2.25. The van der Waals surface area contributed by atoms with Crippen LogP contribution >= 0.6 is 11.3 Å². The van der Waals surface area contributed by atoms with Gasteiger partial charge in [-0.15, -0.1) is 11.3 Å². The smallest absolute Gasteiger partial charge is 0.123 e. The van der Waals surface area contributed by atoms with E-state index in [0.29, 0.717) is 6.04 Å². The second-order valence-corrected chi connectivity index (χ2v) is 6.09. The molecular weight excluding hydrogens is 259 g/mol. The van der Waals surface area contributed by atoms with Crippen molar-refractivity contribution in [1.82, 2.24) is 10.3 Å². The standard InChI is InChI=1S/C15H17FN2S/c1-9-7-11(16)3-6-13(9)14(18-12-4-5-12)15-17-10(2)8-19-15/h3,6-8,12,14,18H,4-5H2,1-2H3. The summed E-state index contributed by atoms with van der Waals surface area (Å²) in [6, 6.07) is 5.67. The van der Waals surface area contributed by atoms with Crippen molar-refractivity contribution in [2.75, 3.05) is 0 Å². The Morgan fingerprint density at radius 2 is 2.16 bits per heavy atom. The highest BCUT2D eigenvalue weighted by atomic mass is 32.1. The predicted octanol–water partition coefficient (Wildman–Crippen LogP) is 3.74. The lowest BCUT2D eigenvalue weighted by Gasteiger charge is -2.19. The Morgan fingerprint density at radius 1 is 1.37 bits per heavy atom. The van der Waals surface area contributed by atoms with Gasteiger partial charge in [-0.3, -0.25) is 0 Å². The Morgan fingerprint density at radius 3 is 2.74 bits per heavy atom. The van der Waals surface area contributed by atoms with Crippen molar-refractivity contribution >= 4 is 11.3 Å². The number of aryl methyl sites for hydroxylation is 2. The van der Waals surface area contributed by atoms with E-state index >= 15 is 0 Å². The minimum atomic E-state index is -0.179. The van der Waals surface area contributed by atoms with Gasteiger partial charge in [-0.2, -0.15) is 0 Å². The number of aromatic nitrogens is 1.